The second-order valence-corrected chi connectivity index (χ2v) is 6.18. The first-order chi connectivity index (χ1) is 7.51. The number of sulfone groups is 1. The summed E-state index contributed by atoms with van der Waals surface area (Å²) in [5.74, 6) is 0.234. The van der Waals surface area contributed by atoms with Gasteiger partial charge in [0.15, 0.2) is 9.84 Å². The molecule has 90 valence electrons. The summed E-state index contributed by atoms with van der Waals surface area (Å²) in [4.78, 5) is 0.151. The smallest absolute Gasteiger partial charge is 0.182 e. The van der Waals surface area contributed by atoms with Gasteiger partial charge in [-0.3, -0.25) is 0 Å². The first kappa shape index (κ1) is 13.5. The lowest BCUT2D eigenvalue weighted by atomic mass is 10.3. The summed E-state index contributed by atoms with van der Waals surface area (Å²) in [7, 11) is -1.98. The molecular formula is C10H13BrO4S. The van der Waals surface area contributed by atoms with Gasteiger partial charge in [0, 0.05) is 11.1 Å². The van der Waals surface area contributed by atoms with Gasteiger partial charge >= 0.3 is 0 Å². The molecule has 0 atom stereocenters. The van der Waals surface area contributed by atoms with Gasteiger partial charge in [-0.15, -0.1) is 0 Å². The van der Waals surface area contributed by atoms with E-state index in [1.165, 1.54) is 13.2 Å². The highest BCUT2D eigenvalue weighted by atomic mass is 79.9. The van der Waals surface area contributed by atoms with Gasteiger partial charge in [-0.05, 0) is 24.6 Å². The summed E-state index contributed by atoms with van der Waals surface area (Å²) in [6.07, 6.45) is 0.220. The van der Waals surface area contributed by atoms with Crippen LogP contribution in [0.15, 0.2) is 27.6 Å². The van der Waals surface area contributed by atoms with E-state index in [9.17, 15) is 8.42 Å². The van der Waals surface area contributed by atoms with Gasteiger partial charge < -0.3 is 9.84 Å². The maximum atomic E-state index is 11.9. The molecule has 16 heavy (non-hydrogen) atoms. The molecule has 0 saturated heterocycles. The van der Waals surface area contributed by atoms with E-state index in [0.717, 1.165) is 0 Å². The van der Waals surface area contributed by atoms with E-state index in [1.54, 1.807) is 12.1 Å². The lowest BCUT2D eigenvalue weighted by Crippen LogP contribution is -2.09. The molecular weight excluding hydrogens is 296 g/mol. The molecule has 0 aliphatic carbocycles. The SMILES string of the molecule is COc1ccc(Br)cc1S(=O)(=O)CCCO. The van der Waals surface area contributed by atoms with E-state index in [2.05, 4.69) is 15.9 Å². The average molecular weight is 309 g/mol. The van der Waals surface area contributed by atoms with Crippen LogP contribution < -0.4 is 4.74 Å². The van der Waals surface area contributed by atoms with Gasteiger partial charge in [-0.2, -0.15) is 0 Å². The molecule has 6 heteroatoms. The Bertz CT molecular complexity index is 456. The molecule has 0 aromatic heterocycles. The van der Waals surface area contributed by atoms with Crippen LogP contribution in [-0.4, -0.2) is 33.0 Å². The Morgan fingerprint density at radius 1 is 1.44 bits per heavy atom. The predicted octanol–water partition coefficient (Wildman–Crippen LogP) is 1.61. The lowest BCUT2D eigenvalue weighted by Gasteiger charge is -2.09. The summed E-state index contributed by atoms with van der Waals surface area (Å²) < 4.78 is 29.5. The highest BCUT2D eigenvalue weighted by molar-refractivity contribution is 9.10. The number of aliphatic hydroxyl groups excluding tert-OH is 1. The Morgan fingerprint density at radius 3 is 2.69 bits per heavy atom. The van der Waals surface area contributed by atoms with Gasteiger partial charge in [0.2, 0.25) is 0 Å². The molecule has 0 bridgehead atoms. The van der Waals surface area contributed by atoms with Crippen LogP contribution >= 0.6 is 15.9 Å². The minimum absolute atomic E-state index is 0.0870. The van der Waals surface area contributed by atoms with E-state index in [4.69, 9.17) is 9.84 Å². The predicted molar refractivity (Wildman–Crippen MR) is 64.4 cm³/mol. The van der Waals surface area contributed by atoms with Crippen LogP contribution in [0.5, 0.6) is 5.75 Å². The van der Waals surface area contributed by atoms with Crippen LogP contribution in [0.1, 0.15) is 6.42 Å². The number of methoxy groups -OCH3 is 1. The molecule has 0 aliphatic rings. The number of ether oxygens (including phenoxy) is 1. The number of halogens is 1. The van der Waals surface area contributed by atoms with Crippen LogP contribution in [0.3, 0.4) is 0 Å². The maximum absolute atomic E-state index is 11.9. The molecule has 0 saturated carbocycles. The number of hydrogen-bond donors (Lipinski definition) is 1. The van der Waals surface area contributed by atoms with Crippen molar-refractivity contribution in [3.05, 3.63) is 22.7 Å². The van der Waals surface area contributed by atoms with Crippen molar-refractivity contribution in [2.75, 3.05) is 19.5 Å². The van der Waals surface area contributed by atoms with E-state index in [1.807, 2.05) is 0 Å². The second kappa shape index (κ2) is 5.65. The molecule has 0 aliphatic heterocycles. The van der Waals surface area contributed by atoms with Crippen LogP contribution in [0.2, 0.25) is 0 Å². The molecule has 0 amide bonds. The summed E-state index contributed by atoms with van der Waals surface area (Å²) >= 11 is 3.22. The van der Waals surface area contributed by atoms with Crippen molar-refractivity contribution < 1.29 is 18.3 Å². The quantitative estimate of drug-likeness (QED) is 0.897. The zero-order chi connectivity index (χ0) is 12.2. The molecule has 0 unspecified atom stereocenters. The van der Waals surface area contributed by atoms with E-state index in [0.29, 0.717) is 10.2 Å². The Kier molecular flexibility index (Phi) is 4.76. The average Bonchev–Trinajstić information content (AvgIpc) is 2.26. The second-order valence-electron chi connectivity index (χ2n) is 3.19. The molecule has 0 radical (unpaired) electrons. The fourth-order valence-corrected chi connectivity index (χ4v) is 3.26. The van der Waals surface area contributed by atoms with Gasteiger partial charge in [0.05, 0.1) is 12.9 Å². The van der Waals surface area contributed by atoms with Crippen LogP contribution in [0.25, 0.3) is 0 Å². The fourth-order valence-electron chi connectivity index (χ4n) is 1.26. The molecule has 1 aromatic carbocycles. The van der Waals surface area contributed by atoms with Crippen molar-refractivity contribution in [2.24, 2.45) is 0 Å². The Balaban J connectivity index is 3.15. The van der Waals surface area contributed by atoms with Crippen molar-refractivity contribution in [1.82, 2.24) is 0 Å². The minimum atomic E-state index is -3.40. The molecule has 0 spiro atoms. The number of aliphatic hydroxyl groups is 1. The highest BCUT2D eigenvalue weighted by Gasteiger charge is 2.19. The third-order valence-corrected chi connectivity index (χ3v) is 4.34. The van der Waals surface area contributed by atoms with E-state index in [-0.39, 0.29) is 23.7 Å². The third kappa shape index (κ3) is 3.20. The van der Waals surface area contributed by atoms with Crippen molar-refractivity contribution in [2.45, 2.75) is 11.3 Å². The van der Waals surface area contributed by atoms with Crippen LogP contribution in [0.4, 0.5) is 0 Å². The standard InChI is InChI=1S/C10H13BrO4S/c1-15-9-4-3-8(11)7-10(9)16(13,14)6-2-5-12/h3-4,7,12H,2,5-6H2,1H3. The monoisotopic (exact) mass is 308 g/mol. The van der Waals surface area contributed by atoms with Gasteiger partial charge in [0.25, 0.3) is 0 Å². The minimum Gasteiger partial charge on any atom is -0.495 e. The first-order valence-corrected chi connectivity index (χ1v) is 7.13. The van der Waals surface area contributed by atoms with Gasteiger partial charge in [-0.1, -0.05) is 15.9 Å². The maximum Gasteiger partial charge on any atom is 0.182 e. The molecule has 0 heterocycles. The zero-order valence-electron chi connectivity index (χ0n) is 8.81. The molecule has 0 fully saturated rings. The summed E-state index contributed by atoms with van der Waals surface area (Å²) in [5, 5.41) is 8.65. The van der Waals surface area contributed by atoms with Crippen molar-refractivity contribution >= 4 is 25.8 Å². The normalized spacial score (nSPS) is 11.4. The summed E-state index contributed by atoms with van der Waals surface area (Å²) in [6, 6.07) is 4.81. The summed E-state index contributed by atoms with van der Waals surface area (Å²) in [5.41, 5.74) is 0. The molecule has 1 aromatic rings. The van der Waals surface area contributed by atoms with Crippen molar-refractivity contribution in [3.63, 3.8) is 0 Å². The van der Waals surface area contributed by atoms with Crippen LogP contribution in [-0.2, 0) is 9.84 Å². The van der Waals surface area contributed by atoms with E-state index < -0.39 is 9.84 Å². The van der Waals surface area contributed by atoms with Crippen LogP contribution in [0, 0.1) is 0 Å². The Hall–Kier alpha value is -0.590. The van der Waals surface area contributed by atoms with Gasteiger partial charge in [-0.25, -0.2) is 8.42 Å². The largest absolute Gasteiger partial charge is 0.495 e. The zero-order valence-corrected chi connectivity index (χ0v) is 11.2. The van der Waals surface area contributed by atoms with Crippen molar-refractivity contribution in [1.29, 1.82) is 0 Å². The third-order valence-electron chi connectivity index (χ3n) is 2.03. The highest BCUT2D eigenvalue weighted by Crippen LogP contribution is 2.28. The number of benzene rings is 1. The molecule has 1 N–H and O–H groups in total. The number of rotatable bonds is 5. The van der Waals surface area contributed by atoms with Gasteiger partial charge in [0.1, 0.15) is 10.6 Å². The van der Waals surface area contributed by atoms with E-state index >= 15 is 0 Å². The summed E-state index contributed by atoms with van der Waals surface area (Å²) in [6.45, 7) is -0.143. The molecule has 1 rings (SSSR count). The lowest BCUT2D eigenvalue weighted by molar-refractivity contribution is 0.295. The Morgan fingerprint density at radius 2 is 2.12 bits per heavy atom. The number of hydrogen-bond acceptors (Lipinski definition) is 4. The molecule has 4 nitrogen and oxygen atoms in total. The Labute approximate surface area is 103 Å². The van der Waals surface area contributed by atoms with Crippen molar-refractivity contribution in [3.8, 4) is 5.75 Å². The first-order valence-electron chi connectivity index (χ1n) is 4.68. The topological polar surface area (TPSA) is 63.6 Å². The fraction of sp³-hybridized carbons (Fsp3) is 0.400.